The zero-order valence-electron chi connectivity index (χ0n) is 16.2. The third-order valence-electron chi connectivity index (χ3n) is 5.38. The Morgan fingerprint density at radius 3 is 2.26 bits per heavy atom. The molecule has 1 aliphatic heterocycles. The first-order valence-electron chi connectivity index (χ1n) is 9.41. The van der Waals surface area contributed by atoms with E-state index in [1.54, 1.807) is 6.92 Å². The van der Waals surface area contributed by atoms with Crippen molar-refractivity contribution in [1.82, 2.24) is 0 Å². The number of aromatic hydroxyl groups is 2. The molecule has 10 nitrogen and oxygen atoms in total. The number of hydrogen-bond acceptors (Lipinski definition) is 10. The number of hydrogen-bond donors (Lipinski definition) is 6. The van der Waals surface area contributed by atoms with Gasteiger partial charge in [-0.1, -0.05) is 0 Å². The number of fused-ring (bicyclic) bond motifs is 2. The van der Waals surface area contributed by atoms with Gasteiger partial charge in [-0.05, 0) is 30.7 Å². The number of phenolic OH excluding ortho intramolecular Hbond substituents is 2. The molecule has 0 aromatic heterocycles. The number of aryl methyl sites for hydroxylation is 1. The monoisotopic (exact) mass is 432 g/mol. The van der Waals surface area contributed by atoms with Crippen molar-refractivity contribution >= 4 is 11.6 Å². The highest BCUT2D eigenvalue weighted by atomic mass is 16.7. The highest BCUT2D eigenvalue weighted by Crippen LogP contribution is 2.40. The van der Waals surface area contributed by atoms with E-state index in [0.717, 1.165) is 12.1 Å². The largest absolute Gasteiger partial charge is 0.508 e. The molecule has 31 heavy (non-hydrogen) atoms. The molecule has 1 saturated heterocycles. The van der Waals surface area contributed by atoms with Crippen molar-refractivity contribution in [2.75, 3.05) is 6.61 Å². The molecule has 6 N–H and O–H groups in total. The molecule has 4 rings (SSSR count). The average molecular weight is 432 g/mol. The van der Waals surface area contributed by atoms with E-state index >= 15 is 0 Å². The molecule has 1 fully saturated rings. The molecule has 10 heteroatoms. The number of phenols is 2. The number of rotatable bonds is 3. The van der Waals surface area contributed by atoms with Gasteiger partial charge in [-0.25, -0.2) is 0 Å². The minimum absolute atomic E-state index is 0.0397. The van der Waals surface area contributed by atoms with Gasteiger partial charge in [0.2, 0.25) is 12.1 Å². The van der Waals surface area contributed by atoms with Crippen molar-refractivity contribution in [2.24, 2.45) is 0 Å². The number of aliphatic hydroxyl groups excluding tert-OH is 4. The van der Waals surface area contributed by atoms with Crippen LogP contribution in [0.3, 0.4) is 0 Å². The summed E-state index contributed by atoms with van der Waals surface area (Å²) in [4.78, 5) is 26.2. The zero-order chi connectivity index (χ0) is 22.6. The van der Waals surface area contributed by atoms with Crippen LogP contribution in [0.5, 0.6) is 17.2 Å². The maximum Gasteiger partial charge on any atom is 0.229 e. The van der Waals surface area contributed by atoms with Crippen molar-refractivity contribution < 1.29 is 49.7 Å². The van der Waals surface area contributed by atoms with Gasteiger partial charge in [0.1, 0.15) is 41.7 Å². The Morgan fingerprint density at radius 2 is 1.58 bits per heavy atom. The summed E-state index contributed by atoms with van der Waals surface area (Å²) in [7, 11) is 0. The molecule has 2 aliphatic rings. The summed E-state index contributed by atoms with van der Waals surface area (Å²) in [6.45, 7) is 0.965. The van der Waals surface area contributed by atoms with E-state index in [4.69, 9.17) is 9.47 Å². The summed E-state index contributed by atoms with van der Waals surface area (Å²) in [5, 5.41) is 59.4. The smallest absolute Gasteiger partial charge is 0.229 e. The first kappa shape index (κ1) is 21.2. The Hall–Kier alpha value is -3.02. The van der Waals surface area contributed by atoms with E-state index in [-0.39, 0.29) is 33.8 Å². The molecule has 0 radical (unpaired) electrons. The zero-order valence-corrected chi connectivity index (χ0v) is 16.2. The lowest BCUT2D eigenvalue weighted by Crippen LogP contribution is -2.60. The van der Waals surface area contributed by atoms with Crippen LogP contribution in [0, 0.1) is 6.92 Å². The number of ketones is 2. The molecule has 0 unspecified atom stereocenters. The van der Waals surface area contributed by atoms with Crippen LogP contribution < -0.4 is 4.74 Å². The van der Waals surface area contributed by atoms with E-state index < -0.39 is 54.6 Å². The Labute approximate surface area is 175 Å². The third-order valence-corrected chi connectivity index (χ3v) is 5.38. The molecule has 5 atom stereocenters. The Morgan fingerprint density at radius 1 is 0.903 bits per heavy atom. The number of benzene rings is 2. The van der Waals surface area contributed by atoms with E-state index in [0.29, 0.717) is 5.56 Å². The van der Waals surface area contributed by atoms with Crippen LogP contribution in [0.25, 0.3) is 0 Å². The van der Waals surface area contributed by atoms with E-state index in [1.807, 2.05) is 0 Å². The minimum Gasteiger partial charge on any atom is -0.508 e. The SMILES string of the molecule is Cc1cc(O[C@@H]2O[C@H](CO)[C@@H](O)[C@@H](O)[C@H]2O)c2c(c1)C(=O)c1cc(O)cc(O)c1C2=O. The fraction of sp³-hybridized carbons (Fsp3) is 0.333. The van der Waals surface area contributed by atoms with Crippen molar-refractivity contribution in [3.8, 4) is 17.2 Å². The second kappa shape index (κ2) is 7.59. The van der Waals surface area contributed by atoms with Crippen LogP contribution in [0.2, 0.25) is 0 Å². The molecule has 2 aromatic rings. The average Bonchev–Trinajstić information content (AvgIpc) is 2.71. The number of carbonyl (C=O) groups is 2. The maximum absolute atomic E-state index is 13.2. The minimum atomic E-state index is -1.72. The van der Waals surface area contributed by atoms with E-state index in [1.165, 1.54) is 12.1 Å². The summed E-state index contributed by atoms with van der Waals surface area (Å²) < 4.78 is 11.0. The summed E-state index contributed by atoms with van der Waals surface area (Å²) in [5.74, 6) is -2.50. The summed E-state index contributed by atoms with van der Waals surface area (Å²) in [5.41, 5.74) is -0.187. The van der Waals surface area contributed by atoms with Gasteiger partial charge < -0.3 is 40.1 Å². The molecular weight excluding hydrogens is 412 g/mol. The molecule has 164 valence electrons. The molecule has 0 spiro atoms. The summed E-state index contributed by atoms with van der Waals surface area (Å²) in [6, 6.07) is 4.87. The number of aliphatic hydroxyl groups is 4. The predicted octanol–water partition coefficient (Wildman–Crippen LogP) is -0.640. The summed E-state index contributed by atoms with van der Waals surface area (Å²) in [6.07, 6.45) is -7.80. The quantitative estimate of drug-likeness (QED) is 0.312. The molecule has 1 heterocycles. The Kier molecular flexibility index (Phi) is 5.20. The van der Waals surface area contributed by atoms with Crippen LogP contribution in [0.1, 0.15) is 37.4 Å². The van der Waals surface area contributed by atoms with Crippen LogP contribution in [-0.2, 0) is 4.74 Å². The third kappa shape index (κ3) is 3.34. The van der Waals surface area contributed by atoms with Gasteiger partial charge in [-0.15, -0.1) is 0 Å². The Balaban J connectivity index is 1.79. The van der Waals surface area contributed by atoms with Gasteiger partial charge in [0.15, 0.2) is 5.78 Å². The molecule has 0 bridgehead atoms. The molecule has 2 aromatic carbocycles. The molecule has 0 saturated carbocycles. The lowest BCUT2D eigenvalue weighted by molar-refractivity contribution is -0.277. The topological polar surface area (TPSA) is 174 Å². The Bertz CT molecular complexity index is 1080. The highest BCUT2D eigenvalue weighted by Gasteiger charge is 2.45. The van der Waals surface area contributed by atoms with Crippen LogP contribution in [0.15, 0.2) is 24.3 Å². The van der Waals surface area contributed by atoms with Crippen molar-refractivity contribution in [2.45, 2.75) is 37.6 Å². The second-order valence-corrected chi connectivity index (χ2v) is 7.55. The van der Waals surface area contributed by atoms with E-state index in [9.17, 15) is 40.2 Å². The van der Waals surface area contributed by atoms with Gasteiger partial charge >= 0.3 is 0 Å². The standard InChI is InChI=1S/C21H20O10/c1-7-2-9-15(18(27)14-10(16(9)25)4-8(23)5-11(14)24)12(3-7)30-21-20(29)19(28)17(26)13(6-22)31-21/h2-5,13,17,19-24,26,28-29H,6H2,1H3/t13-,17-,19-,20-,21-/m1/s1. The first-order valence-corrected chi connectivity index (χ1v) is 9.41. The second-order valence-electron chi connectivity index (χ2n) is 7.55. The normalized spacial score (nSPS) is 27.6. The lowest BCUT2D eigenvalue weighted by atomic mass is 9.82. The van der Waals surface area contributed by atoms with Gasteiger partial charge in [0, 0.05) is 17.2 Å². The van der Waals surface area contributed by atoms with Crippen LogP contribution >= 0.6 is 0 Å². The fourth-order valence-electron chi connectivity index (χ4n) is 3.85. The van der Waals surface area contributed by atoms with Crippen molar-refractivity contribution in [1.29, 1.82) is 0 Å². The van der Waals surface area contributed by atoms with Crippen molar-refractivity contribution in [3.05, 3.63) is 52.1 Å². The van der Waals surface area contributed by atoms with Crippen molar-refractivity contribution in [3.63, 3.8) is 0 Å². The predicted molar refractivity (Wildman–Crippen MR) is 102 cm³/mol. The molecule has 0 amide bonds. The van der Waals surface area contributed by atoms with Gasteiger partial charge in [-0.3, -0.25) is 9.59 Å². The van der Waals surface area contributed by atoms with Gasteiger partial charge in [0.25, 0.3) is 0 Å². The molecular formula is C21H20O10. The highest BCUT2D eigenvalue weighted by molar-refractivity contribution is 6.30. The maximum atomic E-state index is 13.2. The number of carbonyl (C=O) groups excluding carboxylic acids is 2. The van der Waals surface area contributed by atoms with Gasteiger partial charge in [-0.2, -0.15) is 0 Å². The lowest BCUT2D eigenvalue weighted by Gasteiger charge is -2.39. The summed E-state index contributed by atoms with van der Waals surface area (Å²) >= 11 is 0. The van der Waals surface area contributed by atoms with Gasteiger partial charge in [0.05, 0.1) is 17.7 Å². The van der Waals surface area contributed by atoms with E-state index in [2.05, 4.69) is 0 Å². The number of ether oxygens (including phenoxy) is 2. The van der Waals surface area contributed by atoms with Crippen LogP contribution in [-0.4, -0.2) is 79.5 Å². The fourth-order valence-corrected chi connectivity index (χ4v) is 3.85. The van der Waals surface area contributed by atoms with Crippen LogP contribution in [0.4, 0.5) is 0 Å². The molecule has 1 aliphatic carbocycles. The first-order chi connectivity index (χ1) is 14.6.